The third kappa shape index (κ3) is 3.10. The lowest BCUT2D eigenvalue weighted by molar-refractivity contribution is -0.150. The Morgan fingerprint density at radius 3 is 2.94 bits per heavy atom. The normalized spacial score (nSPS) is 18.6. The van der Waals surface area contributed by atoms with E-state index in [0.717, 1.165) is 5.69 Å². The second-order valence-electron chi connectivity index (χ2n) is 4.82. The van der Waals surface area contributed by atoms with Crippen molar-refractivity contribution in [1.82, 2.24) is 9.78 Å². The summed E-state index contributed by atoms with van der Waals surface area (Å²) in [4.78, 5) is 11.1. The monoisotopic (exact) mass is 252 g/mol. The highest BCUT2D eigenvalue weighted by Crippen LogP contribution is 2.27. The molecule has 0 aromatic carbocycles. The van der Waals surface area contributed by atoms with Crippen LogP contribution in [0.2, 0.25) is 0 Å². The van der Waals surface area contributed by atoms with Gasteiger partial charge in [-0.2, -0.15) is 5.10 Å². The fraction of sp³-hybridized carbons (Fsp3) is 0.692. The van der Waals surface area contributed by atoms with Gasteiger partial charge >= 0.3 is 5.97 Å². The van der Waals surface area contributed by atoms with E-state index < -0.39 is 12.1 Å². The van der Waals surface area contributed by atoms with Crippen molar-refractivity contribution < 1.29 is 14.6 Å². The molecule has 1 aliphatic rings. The number of nitrogens with zero attached hydrogens (tertiary/aromatic N) is 2. The average molecular weight is 252 g/mol. The first kappa shape index (κ1) is 13.1. The van der Waals surface area contributed by atoms with E-state index in [0.29, 0.717) is 6.04 Å². The van der Waals surface area contributed by atoms with Gasteiger partial charge in [0, 0.05) is 12.6 Å². The maximum atomic E-state index is 11.1. The van der Waals surface area contributed by atoms with Crippen LogP contribution >= 0.6 is 0 Å². The second kappa shape index (κ2) is 6.00. The summed E-state index contributed by atoms with van der Waals surface area (Å²) in [5, 5.41) is 14.0. The van der Waals surface area contributed by atoms with E-state index in [1.54, 1.807) is 0 Å². The van der Waals surface area contributed by atoms with Crippen molar-refractivity contribution in [1.29, 1.82) is 0 Å². The molecule has 0 radical (unpaired) electrons. The lowest BCUT2D eigenvalue weighted by Gasteiger charge is -2.21. The molecular weight excluding hydrogens is 232 g/mol. The Morgan fingerprint density at radius 2 is 2.28 bits per heavy atom. The van der Waals surface area contributed by atoms with E-state index in [-0.39, 0.29) is 6.42 Å². The number of rotatable bonds is 4. The third-order valence-corrected chi connectivity index (χ3v) is 3.49. The van der Waals surface area contributed by atoms with E-state index in [2.05, 4.69) is 9.84 Å². The first-order chi connectivity index (χ1) is 8.70. The minimum absolute atomic E-state index is 0.215. The predicted octanol–water partition coefficient (Wildman–Crippen LogP) is 1.46. The summed E-state index contributed by atoms with van der Waals surface area (Å²) >= 11 is 0. The molecule has 0 spiro atoms. The first-order valence-corrected chi connectivity index (χ1v) is 6.50. The Morgan fingerprint density at radius 1 is 1.56 bits per heavy atom. The van der Waals surface area contributed by atoms with Gasteiger partial charge in [0.25, 0.3) is 0 Å². The highest BCUT2D eigenvalue weighted by atomic mass is 16.5. The van der Waals surface area contributed by atoms with Crippen LogP contribution < -0.4 is 0 Å². The molecule has 1 aromatic heterocycles. The minimum atomic E-state index is -1.12. The summed E-state index contributed by atoms with van der Waals surface area (Å²) in [5.74, 6) is -0.609. The Bertz CT molecular complexity index is 397. The highest BCUT2D eigenvalue weighted by molar-refractivity contribution is 5.74. The summed E-state index contributed by atoms with van der Waals surface area (Å²) in [6, 6.07) is 2.34. The van der Waals surface area contributed by atoms with E-state index in [1.165, 1.54) is 39.2 Å². The van der Waals surface area contributed by atoms with E-state index in [1.807, 2.05) is 16.9 Å². The van der Waals surface area contributed by atoms with Gasteiger partial charge in [-0.05, 0) is 18.9 Å². The number of hydrogen-bond acceptors (Lipinski definition) is 4. The molecule has 1 fully saturated rings. The van der Waals surface area contributed by atoms with Crippen LogP contribution in [0.25, 0.3) is 0 Å². The van der Waals surface area contributed by atoms with Crippen molar-refractivity contribution in [2.24, 2.45) is 0 Å². The van der Waals surface area contributed by atoms with Gasteiger partial charge in [-0.25, -0.2) is 4.79 Å². The molecule has 1 atom stereocenters. The van der Waals surface area contributed by atoms with Crippen molar-refractivity contribution in [2.45, 2.75) is 50.7 Å². The SMILES string of the molecule is COC(=O)C(O)Cc1ccn(C2CCCCC2)n1. The Labute approximate surface area is 107 Å². The number of carbonyl (C=O) groups excluding carboxylic acids is 1. The van der Waals surface area contributed by atoms with Crippen LogP contribution in [0.3, 0.4) is 0 Å². The van der Waals surface area contributed by atoms with E-state index in [4.69, 9.17) is 0 Å². The number of aliphatic hydroxyl groups excluding tert-OH is 1. The van der Waals surface area contributed by atoms with Gasteiger partial charge < -0.3 is 9.84 Å². The number of ether oxygens (including phenoxy) is 1. The minimum Gasteiger partial charge on any atom is -0.467 e. The third-order valence-electron chi connectivity index (χ3n) is 3.49. The zero-order valence-corrected chi connectivity index (χ0v) is 10.7. The molecule has 0 amide bonds. The van der Waals surface area contributed by atoms with Gasteiger partial charge in [0.1, 0.15) is 0 Å². The maximum absolute atomic E-state index is 11.1. The number of carbonyl (C=O) groups is 1. The Kier molecular flexibility index (Phi) is 4.36. The quantitative estimate of drug-likeness (QED) is 0.824. The van der Waals surface area contributed by atoms with Crippen LogP contribution in [0.15, 0.2) is 12.3 Å². The lowest BCUT2D eigenvalue weighted by Crippen LogP contribution is -2.24. The summed E-state index contributed by atoms with van der Waals surface area (Å²) < 4.78 is 6.45. The van der Waals surface area contributed by atoms with Crippen LogP contribution in [0.5, 0.6) is 0 Å². The molecule has 1 N–H and O–H groups in total. The summed E-state index contributed by atoms with van der Waals surface area (Å²) in [6.45, 7) is 0. The molecule has 0 bridgehead atoms. The Hall–Kier alpha value is -1.36. The summed E-state index contributed by atoms with van der Waals surface area (Å²) in [6.07, 6.45) is 7.19. The predicted molar refractivity (Wildman–Crippen MR) is 66.1 cm³/mol. The second-order valence-corrected chi connectivity index (χ2v) is 4.82. The topological polar surface area (TPSA) is 64.3 Å². The zero-order valence-electron chi connectivity index (χ0n) is 10.7. The molecular formula is C13H20N2O3. The number of aliphatic hydroxyl groups is 1. The van der Waals surface area contributed by atoms with Gasteiger partial charge in [-0.3, -0.25) is 4.68 Å². The van der Waals surface area contributed by atoms with Gasteiger partial charge in [-0.1, -0.05) is 19.3 Å². The van der Waals surface area contributed by atoms with Gasteiger partial charge in [0.15, 0.2) is 6.10 Å². The zero-order chi connectivity index (χ0) is 13.0. The van der Waals surface area contributed by atoms with Crippen molar-refractivity contribution in [3.8, 4) is 0 Å². The smallest absolute Gasteiger partial charge is 0.335 e. The lowest BCUT2D eigenvalue weighted by atomic mass is 9.96. The molecule has 5 heteroatoms. The number of aromatic nitrogens is 2. The fourth-order valence-electron chi connectivity index (χ4n) is 2.45. The standard InChI is InChI=1S/C13H20N2O3/c1-18-13(17)12(16)9-10-7-8-15(14-10)11-5-3-2-4-6-11/h7-8,11-12,16H,2-6,9H2,1H3. The molecule has 1 aromatic rings. The van der Waals surface area contributed by atoms with Gasteiger partial charge in [-0.15, -0.1) is 0 Å². The molecule has 1 aliphatic carbocycles. The van der Waals surface area contributed by atoms with Crippen molar-refractivity contribution >= 4 is 5.97 Å². The molecule has 2 rings (SSSR count). The number of methoxy groups -OCH3 is 1. The Balaban J connectivity index is 1.95. The maximum Gasteiger partial charge on any atom is 0.335 e. The molecule has 5 nitrogen and oxygen atoms in total. The molecule has 1 saturated carbocycles. The average Bonchev–Trinajstić information content (AvgIpc) is 2.87. The molecule has 0 saturated heterocycles. The molecule has 1 unspecified atom stereocenters. The summed E-state index contributed by atoms with van der Waals surface area (Å²) in [7, 11) is 1.27. The largest absolute Gasteiger partial charge is 0.467 e. The van der Waals surface area contributed by atoms with Crippen LogP contribution in [0.4, 0.5) is 0 Å². The van der Waals surface area contributed by atoms with Crippen molar-refractivity contribution in [2.75, 3.05) is 7.11 Å². The summed E-state index contributed by atoms with van der Waals surface area (Å²) in [5.41, 5.74) is 0.735. The van der Waals surface area contributed by atoms with Gasteiger partial charge in [0.2, 0.25) is 0 Å². The molecule has 1 heterocycles. The molecule has 18 heavy (non-hydrogen) atoms. The van der Waals surface area contributed by atoms with E-state index >= 15 is 0 Å². The van der Waals surface area contributed by atoms with Crippen molar-refractivity contribution in [3.63, 3.8) is 0 Å². The fourth-order valence-corrected chi connectivity index (χ4v) is 2.45. The number of hydrogen-bond donors (Lipinski definition) is 1. The van der Waals surface area contributed by atoms with Crippen LogP contribution in [0, 0.1) is 0 Å². The first-order valence-electron chi connectivity index (χ1n) is 6.50. The van der Waals surface area contributed by atoms with E-state index in [9.17, 15) is 9.90 Å². The van der Waals surface area contributed by atoms with Crippen molar-refractivity contribution in [3.05, 3.63) is 18.0 Å². The van der Waals surface area contributed by atoms with Gasteiger partial charge in [0.05, 0.1) is 18.8 Å². The molecule has 100 valence electrons. The van der Waals surface area contributed by atoms with Crippen LogP contribution in [0.1, 0.15) is 43.8 Å². The van der Waals surface area contributed by atoms with Crippen LogP contribution in [-0.4, -0.2) is 34.1 Å². The van der Waals surface area contributed by atoms with Crippen LogP contribution in [-0.2, 0) is 16.0 Å². The molecule has 0 aliphatic heterocycles. The number of esters is 1. The highest BCUT2D eigenvalue weighted by Gasteiger charge is 2.19.